The molecule has 0 aromatic carbocycles. The highest BCUT2D eigenvalue weighted by Gasteiger charge is 2.16. The average molecular weight is 184 g/mol. The van der Waals surface area contributed by atoms with Crippen LogP contribution in [0.25, 0.3) is 0 Å². The van der Waals surface area contributed by atoms with E-state index in [1.807, 2.05) is 12.2 Å². The number of allylic oxidation sites excluding steroid dienone is 3. The van der Waals surface area contributed by atoms with Gasteiger partial charge in [-0.05, 0) is 30.5 Å². The summed E-state index contributed by atoms with van der Waals surface area (Å²) >= 11 is 5.69. The van der Waals surface area contributed by atoms with E-state index in [2.05, 4.69) is 18.5 Å². The monoisotopic (exact) mass is 183 g/mol. The fourth-order valence-electron chi connectivity index (χ4n) is 1.46. The molecule has 1 nitrogen and oxygen atoms in total. The third-order valence-electron chi connectivity index (χ3n) is 2.09. The Balaban J connectivity index is 2.66. The Labute approximate surface area is 78.8 Å². The minimum Gasteiger partial charge on any atom is -0.316 e. The van der Waals surface area contributed by atoms with Gasteiger partial charge in [0.1, 0.15) is 0 Å². The third-order valence-corrected chi connectivity index (χ3v) is 2.20. The molecule has 0 amide bonds. The maximum Gasteiger partial charge on any atom is 0.0337 e. The van der Waals surface area contributed by atoms with Gasteiger partial charge in [0.25, 0.3) is 0 Å². The van der Waals surface area contributed by atoms with Gasteiger partial charge >= 0.3 is 0 Å². The summed E-state index contributed by atoms with van der Waals surface area (Å²) in [7, 11) is 0. The van der Waals surface area contributed by atoms with Gasteiger partial charge in [-0.1, -0.05) is 30.8 Å². The van der Waals surface area contributed by atoms with Crippen molar-refractivity contribution in [2.24, 2.45) is 5.92 Å². The molecule has 0 aromatic rings. The smallest absolute Gasteiger partial charge is 0.0337 e. The van der Waals surface area contributed by atoms with Gasteiger partial charge in [-0.2, -0.15) is 0 Å². The molecular weight excluding hydrogens is 170 g/mol. The summed E-state index contributed by atoms with van der Waals surface area (Å²) in [4.78, 5) is 0. The molecule has 1 aliphatic heterocycles. The van der Waals surface area contributed by atoms with Gasteiger partial charge in [-0.25, -0.2) is 0 Å². The molecule has 1 fully saturated rings. The van der Waals surface area contributed by atoms with Gasteiger partial charge in [0, 0.05) is 11.6 Å². The first-order valence-corrected chi connectivity index (χ1v) is 4.51. The summed E-state index contributed by atoms with van der Waals surface area (Å²) < 4.78 is 0. The predicted molar refractivity (Wildman–Crippen MR) is 54.2 cm³/mol. The van der Waals surface area contributed by atoms with Crippen molar-refractivity contribution in [3.8, 4) is 0 Å². The molecule has 1 rings (SSSR count). The zero-order valence-electron chi connectivity index (χ0n) is 7.15. The van der Waals surface area contributed by atoms with Crippen molar-refractivity contribution in [3.63, 3.8) is 0 Å². The zero-order valence-corrected chi connectivity index (χ0v) is 7.90. The molecule has 0 radical (unpaired) electrons. The van der Waals surface area contributed by atoms with Crippen molar-refractivity contribution >= 4 is 11.6 Å². The first kappa shape index (κ1) is 9.56. The van der Waals surface area contributed by atoms with Crippen LogP contribution in [0, 0.1) is 5.92 Å². The zero-order chi connectivity index (χ0) is 8.97. The minimum absolute atomic E-state index is 0.568. The Hall–Kier alpha value is -0.530. The summed E-state index contributed by atoms with van der Waals surface area (Å²) in [5.74, 6) is 0.568. The fourth-order valence-corrected chi connectivity index (χ4v) is 1.59. The minimum atomic E-state index is 0.568. The molecule has 66 valence electrons. The molecule has 1 N–H and O–H groups in total. The van der Waals surface area contributed by atoms with Crippen molar-refractivity contribution in [1.82, 2.24) is 5.32 Å². The first-order chi connectivity index (χ1) is 5.74. The Bertz CT molecular complexity index is 212. The molecule has 0 saturated carbocycles. The molecule has 1 atom stereocenters. The quantitative estimate of drug-likeness (QED) is 0.663. The largest absolute Gasteiger partial charge is 0.316 e. The van der Waals surface area contributed by atoms with Gasteiger partial charge in [0.05, 0.1) is 0 Å². The average Bonchev–Trinajstić information content (AvgIpc) is 2.51. The highest BCUT2D eigenvalue weighted by Crippen LogP contribution is 2.21. The van der Waals surface area contributed by atoms with Crippen LogP contribution in [0.3, 0.4) is 0 Å². The van der Waals surface area contributed by atoms with Crippen molar-refractivity contribution in [1.29, 1.82) is 0 Å². The molecule has 12 heavy (non-hydrogen) atoms. The summed E-state index contributed by atoms with van der Waals surface area (Å²) in [6.07, 6.45) is 4.93. The second kappa shape index (κ2) is 4.48. The lowest BCUT2D eigenvalue weighted by molar-refractivity contribution is 0.698. The van der Waals surface area contributed by atoms with Gasteiger partial charge in [0.15, 0.2) is 0 Å². The topological polar surface area (TPSA) is 12.0 Å². The molecule has 2 heteroatoms. The number of rotatable bonds is 3. The van der Waals surface area contributed by atoms with Crippen LogP contribution in [0.4, 0.5) is 0 Å². The highest BCUT2D eigenvalue weighted by molar-refractivity contribution is 6.30. The third kappa shape index (κ3) is 2.50. The molecular formula is C10H14ClN. The number of hydrogen-bond acceptors (Lipinski definition) is 1. The molecule has 0 aliphatic carbocycles. The fraction of sp³-hybridized carbons (Fsp3) is 0.400. The standard InChI is InChI=1S/C10H14ClN/c1-3-9(6-8(2)11)10-4-5-12-7-10/h3,6,10,12H,1-2,4-5,7H2/b9-6+. The number of halogens is 1. The van der Waals surface area contributed by atoms with Crippen molar-refractivity contribution in [2.75, 3.05) is 13.1 Å². The van der Waals surface area contributed by atoms with E-state index in [9.17, 15) is 0 Å². The van der Waals surface area contributed by atoms with E-state index in [0.29, 0.717) is 11.0 Å². The Morgan fingerprint density at radius 1 is 1.58 bits per heavy atom. The van der Waals surface area contributed by atoms with E-state index >= 15 is 0 Å². The van der Waals surface area contributed by atoms with Gasteiger partial charge in [-0.3, -0.25) is 0 Å². The maximum atomic E-state index is 5.69. The van der Waals surface area contributed by atoms with Crippen LogP contribution in [-0.2, 0) is 0 Å². The van der Waals surface area contributed by atoms with Gasteiger partial charge in [-0.15, -0.1) is 0 Å². The Morgan fingerprint density at radius 3 is 2.75 bits per heavy atom. The summed E-state index contributed by atoms with van der Waals surface area (Å²) in [6, 6.07) is 0. The summed E-state index contributed by atoms with van der Waals surface area (Å²) in [6.45, 7) is 9.52. The van der Waals surface area contributed by atoms with E-state index in [4.69, 9.17) is 11.6 Å². The lowest BCUT2D eigenvalue weighted by Crippen LogP contribution is -2.09. The summed E-state index contributed by atoms with van der Waals surface area (Å²) in [5, 5.41) is 3.88. The molecule has 1 aliphatic rings. The predicted octanol–water partition coefficient (Wildman–Crippen LogP) is 2.46. The van der Waals surface area contributed by atoms with Crippen molar-refractivity contribution in [3.05, 3.63) is 35.9 Å². The van der Waals surface area contributed by atoms with Crippen LogP contribution in [-0.4, -0.2) is 13.1 Å². The second-order valence-corrected chi connectivity index (χ2v) is 3.47. The molecule has 0 bridgehead atoms. The molecule has 1 saturated heterocycles. The van der Waals surface area contributed by atoms with Crippen molar-refractivity contribution < 1.29 is 0 Å². The lowest BCUT2D eigenvalue weighted by atomic mass is 9.98. The molecule has 0 spiro atoms. The van der Waals surface area contributed by atoms with E-state index in [1.165, 1.54) is 12.0 Å². The number of hydrogen-bond donors (Lipinski definition) is 1. The normalized spacial score (nSPS) is 24.1. The van der Waals surface area contributed by atoms with E-state index in [1.54, 1.807) is 0 Å². The van der Waals surface area contributed by atoms with E-state index in [-0.39, 0.29) is 0 Å². The Kier molecular flexibility index (Phi) is 3.57. The first-order valence-electron chi connectivity index (χ1n) is 4.13. The highest BCUT2D eigenvalue weighted by atomic mass is 35.5. The van der Waals surface area contributed by atoms with Gasteiger partial charge in [0.2, 0.25) is 0 Å². The van der Waals surface area contributed by atoms with Crippen LogP contribution in [0.2, 0.25) is 0 Å². The van der Waals surface area contributed by atoms with Crippen LogP contribution in [0.5, 0.6) is 0 Å². The van der Waals surface area contributed by atoms with Crippen molar-refractivity contribution in [2.45, 2.75) is 6.42 Å². The van der Waals surface area contributed by atoms with E-state index in [0.717, 1.165) is 13.1 Å². The van der Waals surface area contributed by atoms with Crippen LogP contribution in [0.15, 0.2) is 35.9 Å². The molecule has 1 heterocycles. The van der Waals surface area contributed by atoms with E-state index < -0.39 is 0 Å². The maximum absolute atomic E-state index is 5.69. The Morgan fingerprint density at radius 2 is 2.33 bits per heavy atom. The van der Waals surface area contributed by atoms with Crippen LogP contribution < -0.4 is 5.32 Å². The molecule has 0 aromatic heterocycles. The molecule has 1 unspecified atom stereocenters. The van der Waals surface area contributed by atoms with Gasteiger partial charge < -0.3 is 5.32 Å². The van der Waals surface area contributed by atoms with Crippen LogP contribution in [0.1, 0.15) is 6.42 Å². The second-order valence-electron chi connectivity index (χ2n) is 2.99. The lowest BCUT2D eigenvalue weighted by Gasteiger charge is -2.08. The van der Waals surface area contributed by atoms with Crippen LogP contribution >= 0.6 is 11.6 Å². The number of nitrogens with one attached hydrogen (secondary N) is 1. The SMILES string of the molecule is C=C/C(=C\C(=C)Cl)C1CCNC1. The summed E-state index contributed by atoms with van der Waals surface area (Å²) in [5.41, 5.74) is 1.19.